The van der Waals surface area contributed by atoms with Gasteiger partial charge in [-0.15, -0.1) is 0 Å². The van der Waals surface area contributed by atoms with Crippen LogP contribution in [0.3, 0.4) is 0 Å². The molecular formula is C24H30N2O4. The van der Waals surface area contributed by atoms with Crippen molar-refractivity contribution in [1.29, 1.82) is 0 Å². The van der Waals surface area contributed by atoms with Gasteiger partial charge in [-0.3, -0.25) is 4.99 Å². The minimum atomic E-state index is -0.599. The van der Waals surface area contributed by atoms with Gasteiger partial charge in [0.25, 0.3) is 0 Å². The lowest BCUT2D eigenvalue weighted by atomic mass is 9.90. The van der Waals surface area contributed by atoms with Crippen molar-refractivity contribution in [3.63, 3.8) is 0 Å². The Balaban J connectivity index is 1.24. The molecule has 6 nitrogen and oxygen atoms in total. The summed E-state index contributed by atoms with van der Waals surface area (Å²) in [6.07, 6.45) is 4.09. The summed E-state index contributed by atoms with van der Waals surface area (Å²) in [5, 5.41) is 15.7. The molecule has 1 aliphatic carbocycles. The molecule has 6 heteroatoms. The van der Waals surface area contributed by atoms with Crippen LogP contribution in [-0.2, 0) is 0 Å². The topological polar surface area (TPSA) is 72.3 Å². The zero-order chi connectivity index (χ0) is 20.8. The van der Waals surface area contributed by atoms with Crippen LogP contribution < -0.4 is 30.1 Å². The summed E-state index contributed by atoms with van der Waals surface area (Å²) in [6.45, 7) is 1.79. The van der Waals surface area contributed by atoms with E-state index in [0.717, 1.165) is 29.2 Å². The number of fused-ring (bicyclic) bond motifs is 2. The van der Waals surface area contributed by atoms with E-state index in [9.17, 15) is 5.11 Å². The number of nitrogens with one attached hydrogen (secondary N) is 1. The van der Waals surface area contributed by atoms with E-state index in [1.807, 2.05) is 36.4 Å². The van der Waals surface area contributed by atoms with Crippen molar-refractivity contribution < 1.29 is 19.3 Å². The quantitative estimate of drug-likeness (QED) is 0.585. The molecule has 0 radical (unpaired) electrons. The zero-order valence-electron chi connectivity index (χ0n) is 17.5. The van der Waals surface area contributed by atoms with Crippen LogP contribution in [0.15, 0.2) is 47.5 Å². The van der Waals surface area contributed by atoms with Crippen LogP contribution in [-0.4, -0.2) is 50.7 Å². The normalized spacial score (nSPS) is 18.2. The first-order chi connectivity index (χ1) is 14.8. The summed E-state index contributed by atoms with van der Waals surface area (Å²) in [4.78, 5) is 4.85. The number of rotatable bonds is 10. The average Bonchev–Trinajstić information content (AvgIpc) is 3.17. The van der Waals surface area contributed by atoms with Gasteiger partial charge in [-0.2, -0.15) is 0 Å². The minimum Gasteiger partial charge on any atom is -0.493 e. The fourth-order valence-electron chi connectivity index (χ4n) is 4.15. The molecule has 2 aromatic carbocycles. The number of hydrogen-bond acceptors (Lipinski definition) is 6. The van der Waals surface area contributed by atoms with Crippen molar-refractivity contribution >= 4 is 5.57 Å². The summed E-state index contributed by atoms with van der Waals surface area (Å²) in [6, 6.07) is 13.9. The first-order valence-corrected chi connectivity index (χ1v) is 10.7. The highest BCUT2D eigenvalue weighted by Crippen LogP contribution is 2.28. The van der Waals surface area contributed by atoms with Crippen LogP contribution in [0.1, 0.15) is 25.7 Å². The van der Waals surface area contributed by atoms with Crippen LogP contribution in [0, 0.1) is 0 Å². The van der Waals surface area contributed by atoms with Gasteiger partial charge >= 0.3 is 0 Å². The molecule has 2 atom stereocenters. The van der Waals surface area contributed by atoms with Crippen LogP contribution in [0.5, 0.6) is 17.2 Å². The van der Waals surface area contributed by atoms with Gasteiger partial charge in [0.15, 0.2) is 11.5 Å². The van der Waals surface area contributed by atoms with Gasteiger partial charge in [-0.1, -0.05) is 24.6 Å². The molecule has 1 fully saturated rings. The molecule has 0 amide bonds. The standard InChI is InChI=1S/C24H30N2O4/c1-28-21-10-4-5-11-22(21)29-14-13-25-15-17(27)16-30-23-12-6-9-20-24(23)18-7-2-3-8-19(18)26-20/h4-6,9-12,17,19,25,27H,2-3,7-8,13-16H2,1H3/t17-,19+/m1/s1. The molecule has 4 rings (SSSR count). The number of aliphatic hydroxyl groups excluding tert-OH is 1. The van der Waals surface area contributed by atoms with Crippen LogP contribution in [0.2, 0.25) is 0 Å². The number of methoxy groups -OCH3 is 1. The number of aliphatic hydroxyl groups is 1. The van der Waals surface area contributed by atoms with E-state index < -0.39 is 6.10 Å². The summed E-state index contributed by atoms with van der Waals surface area (Å²) in [5.74, 6) is 2.27. The third-order valence-electron chi connectivity index (χ3n) is 5.61. The Kier molecular flexibility index (Phi) is 6.87. The zero-order valence-corrected chi connectivity index (χ0v) is 17.5. The predicted octanol–water partition coefficient (Wildman–Crippen LogP) is 1.83. The molecule has 0 saturated heterocycles. The summed E-state index contributed by atoms with van der Waals surface area (Å²) in [5.41, 5.74) is 1.41. The average molecular weight is 411 g/mol. The smallest absolute Gasteiger partial charge is 0.161 e. The lowest BCUT2D eigenvalue weighted by Gasteiger charge is -2.19. The Hall–Kier alpha value is -2.57. The Labute approximate surface area is 177 Å². The Morgan fingerprint density at radius 1 is 1.07 bits per heavy atom. The number of benzene rings is 2. The maximum atomic E-state index is 10.3. The lowest BCUT2D eigenvalue weighted by Crippen LogP contribution is -2.35. The van der Waals surface area contributed by atoms with Crippen molar-refractivity contribution in [2.45, 2.75) is 37.8 Å². The molecule has 1 aliphatic heterocycles. The molecule has 0 unspecified atom stereocenters. The van der Waals surface area contributed by atoms with E-state index >= 15 is 0 Å². The van der Waals surface area contributed by atoms with Crippen molar-refractivity contribution in [3.05, 3.63) is 53.0 Å². The molecule has 2 aliphatic rings. The number of ether oxygens (including phenoxy) is 3. The molecule has 2 aromatic rings. The minimum absolute atomic E-state index is 0.245. The van der Waals surface area contributed by atoms with Gasteiger partial charge in [0, 0.05) is 18.3 Å². The molecule has 2 N–H and O–H groups in total. The van der Waals surface area contributed by atoms with E-state index in [1.165, 1.54) is 18.4 Å². The van der Waals surface area contributed by atoms with Gasteiger partial charge < -0.3 is 24.6 Å². The molecule has 30 heavy (non-hydrogen) atoms. The molecule has 0 spiro atoms. The van der Waals surface area contributed by atoms with E-state index in [1.54, 1.807) is 7.11 Å². The largest absolute Gasteiger partial charge is 0.493 e. The fraction of sp³-hybridized carbons (Fsp3) is 0.458. The van der Waals surface area contributed by atoms with Gasteiger partial charge in [0.2, 0.25) is 0 Å². The number of nitrogens with zero attached hydrogens (tertiary/aromatic N) is 1. The van der Waals surface area contributed by atoms with E-state index in [-0.39, 0.29) is 6.61 Å². The Morgan fingerprint density at radius 3 is 2.77 bits per heavy atom. The summed E-state index contributed by atoms with van der Waals surface area (Å²) in [7, 11) is 1.62. The van der Waals surface area contributed by atoms with Crippen LogP contribution >= 0.6 is 0 Å². The predicted molar refractivity (Wildman–Crippen MR) is 116 cm³/mol. The maximum Gasteiger partial charge on any atom is 0.161 e. The first-order valence-electron chi connectivity index (χ1n) is 10.7. The second kappa shape index (κ2) is 9.96. The monoisotopic (exact) mass is 410 g/mol. The van der Waals surface area contributed by atoms with Crippen molar-refractivity contribution in [2.75, 3.05) is 33.4 Å². The Bertz CT molecular complexity index is 975. The van der Waals surface area contributed by atoms with Crippen molar-refractivity contribution in [3.8, 4) is 17.2 Å². The molecule has 160 valence electrons. The molecular weight excluding hydrogens is 380 g/mol. The van der Waals surface area contributed by atoms with E-state index in [0.29, 0.717) is 37.2 Å². The van der Waals surface area contributed by atoms with Gasteiger partial charge in [-0.05, 0) is 49.1 Å². The number of hydrogen-bond donors (Lipinski definition) is 2. The highest BCUT2D eigenvalue weighted by molar-refractivity contribution is 5.57. The molecule has 0 bridgehead atoms. The van der Waals surface area contributed by atoms with E-state index in [4.69, 9.17) is 19.2 Å². The molecule has 0 aromatic heterocycles. The van der Waals surface area contributed by atoms with Crippen LogP contribution in [0.25, 0.3) is 5.57 Å². The lowest BCUT2D eigenvalue weighted by molar-refractivity contribution is 0.105. The SMILES string of the molecule is COc1ccccc1OCCNC[C@@H](O)COc1cccc2c1=C1CCCC[C@@H]1N=2. The third kappa shape index (κ3) is 4.77. The third-order valence-corrected chi connectivity index (χ3v) is 5.61. The van der Waals surface area contributed by atoms with Crippen molar-refractivity contribution in [1.82, 2.24) is 5.32 Å². The van der Waals surface area contributed by atoms with Crippen molar-refractivity contribution in [2.24, 2.45) is 4.99 Å². The van der Waals surface area contributed by atoms with Gasteiger partial charge in [-0.25, -0.2) is 0 Å². The van der Waals surface area contributed by atoms with Gasteiger partial charge in [0.05, 0.1) is 18.5 Å². The highest BCUT2D eigenvalue weighted by Gasteiger charge is 2.24. The number of para-hydroxylation sites is 2. The second-order valence-corrected chi connectivity index (χ2v) is 7.73. The summed E-state index contributed by atoms with van der Waals surface area (Å²) >= 11 is 0. The summed E-state index contributed by atoms with van der Waals surface area (Å²) < 4.78 is 17.0. The second-order valence-electron chi connectivity index (χ2n) is 7.73. The highest BCUT2D eigenvalue weighted by atomic mass is 16.5. The van der Waals surface area contributed by atoms with Crippen LogP contribution in [0.4, 0.5) is 0 Å². The Morgan fingerprint density at radius 2 is 1.90 bits per heavy atom. The first kappa shape index (κ1) is 20.7. The van der Waals surface area contributed by atoms with Gasteiger partial charge in [0.1, 0.15) is 25.1 Å². The van der Waals surface area contributed by atoms with E-state index in [2.05, 4.69) is 11.4 Å². The molecule has 1 saturated carbocycles. The molecule has 1 heterocycles. The maximum absolute atomic E-state index is 10.3. The fourth-order valence-corrected chi connectivity index (χ4v) is 4.15.